The zero-order valence-electron chi connectivity index (χ0n) is 19.4. The van der Waals surface area contributed by atoms with Gasteiger partial charge in [-0.15, -0.1) is 0 Å². The van der Waals surface area contributed by atoms with E-state index in [0.29, 0.717) is 13.0 Å². The Morgan fingerprint density at radius 2 is 1.83 bits per heavy atom. The van der Waals surface area contributed by atoms with Crippen molar-refractivity contribution in [2.75, 3.05) is 6.61 Å². The van der Waals surface area contributed by atoms with Gasteiger partial charge in [-0.2, -0.15) is 0 Å². The van der Waals surface area contributed by atoms with E-state index in [1.807, 2.05) is 20.8 Å². The van der Waals surface area contributed by atoms with Crippen LogP contribution >= 0.6 is 22.6 Å². The summed E-state index contributed by atoms with van der Waals surface area (Å²) in [6.45, 7) is 17.1. The molecule has 0 aromatic heterocycles. The molecule has 0 aromatic carbocycles. The lowest BCUT2D eigenvalue weighted by Gasteiger charge is -2.43. The SMILES string of the molecule is CC(C)(C)OC(=O)C[C@@H]1[C@@H](I)CCC[C@@H]2C[C@@]1(CO[Si](C)(C)C(C)(C)C)OC2=O. The summed E-state index contributed by atoms with van der Waals surface area (Å²) in [6, 6.07) is 0. The van der Waals surface area contributed by atoms with E-state index in [0.717, 1.165) is 19.3 Å². The summed E-state index contributed by atoms with van der Waals surface area (Å²) in [7, 11) is -2.02. The van der Waals surface area contributed by atoms with E-state index in [9.17, 15) is 9.59 Å². The number of fused-ring (bicyclic) bond motifs is 2. The molecule has 0 aromatic rings. The highest BCUT2D eigenvalue weighted by Gasteiger charge is 2.56. The molecular formula is C22H39IO5Si. The fourth-order valence-corrected chi connectivity index (χ4v) is 6.34. The van der Waals surface area contributed by atoms with Crippen molar-refractivity contribution >= 4 is 42.8 Å². The van der Waals surface area contributed by atoms with Crippen LogP contribution in [-0.4, -0.2) is 42.0 Å². The van der Waals surface area contributed by atoms with E-state index in [1.54, 1.807) is 0 Å². The zero-order chi connectivity index (χ0) is 22.3. The lowest BCUT2D eigenvalue weighted by Crippen LogP contribution is -2.52. The Morgan fingerprint density at radius 3 is 2.38 bits per heavy atom. The summed E-state index contributed by atoms with van der Waals surface area (Å²) in [4.78, 5) is 25.4. The average molecular weight is 539 g/mol. The fraction of sp³-hybridized carbons (Fsp3) is 0.909. The van der Waals surface area contributed by atoms with Gasteiger partial charge in [0.15, 0.2) is 8.32 Å². The number of carbonyl (C=O) groups excluding carboxylic acids is 2. The van der Waals surface area contributed by atoms with Crippen LogP contribution in [0.2, 0.25) is 18.1 Å². The Bertz CT molecular complexity index is 622. The van der Waals surface area contributed by atoms with Crippen molar-refractivity contribution in [2.45, 2.75) is 107 Å². The molecule has 1 saturated carbocycles. The smallest absolute Gasteiger partial charge is 0.309 e. The third-order valence-corrected chi connectivity index (χ3v) is 12.6. The average Bonchev–Trinajstić information content (AvgIpc) is 2.85. The number of rotatable bonds is 5. The van der Waals surface area contributed by atoms with Gasteiger partial charge in [0, 0.05) is 16.3 Å². The predicted octanol–water partition coefficient (Wildman–Crippen LogP) is 5.65. The maximum atomic E-state index is 12.7. The van der Waals surface area contributed by atoms with Crippen LogP contribution in [0.1, 0.15) is 73.6 Å². The van der Waals surface area contributed by atoms with Gasteiger partial charge in [-0.05, 0) is 51.7 Å². The summed E-state index contributed by atoms with van der Waals surface area (Å²) in [5.74, 6) is -0.528. The zero-order valence-corrected chi connectivity index (χ0v) is 22.6. The van der Waals surface area contributed by atoms with Gasteiger partial charge in [0.2, 0.25) is 0 Å². The number of esters is 2. The molecule has 0 N–H and O–H groups in total. The number of hydrogen-bond acceptors (Lipinski definition) is 5. The Kier molecular flexibility index (Phi) is 7.59. The minimum atomic E-state index is -2.02. The van der Waals surface area contributed by atoms with Crippen LogP contribution < -0.4 is 0 Å². The molecular weight excluding hydrogens is 499 g/mol. The molecule has 4 atom stereocenters. The van der Waals surface area contributed by atoms with E-state index in [2.05, 4.69) is 56.5 Å². The van der Waals surface area contributed by atoms with Crippen molar-refractivity contribution in [1.29, 1.82) is 0 Å². The predicted molar refractivity (Wildman–Crippen MR) is 126 cm³/mol. The topological polar surface area (TPSA) is 61.8 Å². The van der Waals surface area contributed by atoms with E-state index in [4.69, 9.17) is 13.9 Å². The molecule has 1 saturated heterocycles. The van der Waals surface area contributed by atoms with E-state index in [1.165, 1.54) is 0 Å². The number of halogens is 1. The molecule has 2 bridgehead atoms. The van der Waals surface area contributed by atoms with Gasteiger partial charge < -0.3 is 13.9 Å². The lowest BCUT2D eigenvalue weighted by molar-refractivity contribution is -0.167. The number of hydrogen-bond donors (Lipinski definition) is 0. The van der Waals surface area contributed by atoms with Gasteiger partial charge in [-0.1, -0.05) is 49.8 Å². The van der Waals surface area contributed by atoms with E-state index in [-0.39, 0.29) is 39.2 Å². The maximum Gasteiger partial charge on any atom is 0.309 e. The quantitative estimate of drug-likeness (QED) is 0.196. The van der Waals surface area contributed by atoms with Crippen molar-refractivity contribution in [3.05, 3.63) is 0 Å². The Labute approximate surface area is 191 Å². The monoisotopic (exact) mass is 538 g/mol. The summed E-state index contributed by atoms with van der Waals surface area (Å²) in [5, 5.41) is 0.0671. The van der Waals surface area contributed by atoms with Crippen LogP contribution in [-0.2, 0) is 23.5 Å². The van der Waals surface area contributed by atoms with Crippen molar-refractivity contribution < 1.29 is 23.5 Å². The Hall–Kier alpha value is -0.153. The maximum absolute atomic E-state index is 12.7. The highest BCUT2D eigenvalue weighted by atomic mass is 127. The number of carbonyl (C=O) groups is 2. The highest BCUT2D eigenvalue weighted by Crippen LogP contribution is 2.48. The van der Waals surface area contributed by atoms with Gasteiger partial charge in [-0.25, -0.2) is 0 Å². The molecule has 0 unspecified atom stereocenters. The minimum absolute atomic E-state index is 0.0671. The Morgan fingerprint density at radius 1 is 1.21 bits per heavy atom. The van der Waals surface area contributed by atoms with Gasteiger partial charge in [0.05, 0.1) is 18.9 Å². The van der Waals surface area contributed by atoms with Crippen molar-refractivity contribution in [2.24, 2.45) is 11.8 Å². The molecule has 0 spiro atoms. The highest BCUT2D eigenvalue weighted by molar-refractivity contribution is 14.1. The number of ether oxygens (including phenoxy) is 2. The fourth-order valence-electron chi connectivity index (χ4n) is 3.95. The summed E-state index contributed by atoms with van der Waals surface area (Å²) in [5.41, 5.74) is -1.26. The molecule has 29 heavy (non-hydrogen) atoms. The number of alkyl halides is 1. The first kappa shape index (κ1) is 25.1. The van der Waals surface area contributed by atoms with Gasteiger partial charge in [0.1, 0.15) is 11.2 Å². The first-order valence-corrected chi connectivity index (χ1v) is 14.9. The molecule has 1 heterocycles. The van der Waals surface area contributed by atoms with E-state index < -0.39 is 19.5 Å². The molecule has 5 nitrogen and oxygen atoms in total. The molecule has 2 rings (SSSR count). The summed E-state index contributed by atoms with van der Waals surface area (Å²) >= 11 is 2.44. The summed E-state index contributed by atoms with van der Waals surface area (Å²) in [6.07, 6.45) is 3.72. The minimum Gasteiger partial charge on any atom is -0.460 e. The molecule has 0 radical (unpaired) electrons. The van der Waals surface area contributed by atoms with Crippen LogP contribution in [0.3, 0.4) is 0 Å². The molecule has 0 amide bonds. The second-order valence-electron chi connectivity index (χ2n) is 11.3. The van der Waals surface area contributed by atoms with Crippen LogP contribution in [0, 0.1) is 11.8 Å². The third-order valence-electron chi connectivity index (χ3n) is 6.66. The second-order valence-corrected chi connectivity index (χ2v) is 17.7. The summed E-state index contributed by atoms with van der Waals surface area (Å²) < 4.78 is 18.5. The van der Waals surface area contributed by atoms with Crippen LogP contribution in [0.4, 0.5) is 0 Å². The Balaban J connectivity index is 2.32. The second kappa shape index (κ2) is 8.77. The first-order valence-electron chi connectivity index (χ1n) is 10.8. The first-order chi connectivity index (χ1) is 13.1. The molecule has 1 aliphatic carbocycles. The van der Waals surface area contributed by atoms with Crippen molar-refractivity contribution in [3.63, 3.8) is 0 Å². The molecule has 168 valence electrons. The molecule has 2 fully saturated rings. The molecule has 7 heteroatoms. The van der Waals surface area contributed by atoms with Gasteiger partial charge in [0.25, 0.3) is 0 Å². The lowest BCUT2D eigenvalue weighted by atomic mass is 9.75. The van der Waals surface area contributed by atoms with Gasteiger partial charge in [-0.3, -0.25) is 9.59 Å². The van der Waals surface area contributed by atoms with Crippen molar-refractivity contribution in [3.8, 4) is 0 Å². The van der Waals surface area contributed by atoms with Gasteiger partial charge >= 0.3 is 11.9 Å². The van der Waals surface area contributed by atoms with Crippen LogP contribution in [0.5, 0.6) is 0 Å². The van der Waals surface area contributed by atoms with E-state index >= 15 is 0 Å². The largest absolute Gasteiger partial charge is 0.460 e. The van der Waals surface area contributed by atoms with Crippen LogP contribution in [0.25, 0.3) is 0 Å². The normalized spacial score (nSPS) is 31.1. The van der Waals surface area contributed by atoms with Crippen molar-refractivity contribution in [1.82, 2.24) is 0 Å². The molecule has 2 aliphatic rings. The standard InChI is InChI=1S/C22H39IO5Si/c1-20(2,3)27-18(24)12-16-17(23)11-9-10-15-13-22(16,28-19(15)25)14-26-29(7,8)21(4,5)6/h15-17H,9-14H2,1-8H3/t15-,16-,17+,22+/m1/s1. The third kappa shape index (κ3) is 6.18. The van der Waals surface area contributed by atoms with Crippen LogP contribution in [0.15, 0.2) is 0 Å². The molecule has 1 aliphatic heterocycles.